The summed E-state index contributed by atoms with van der Waals surface area (Å²) in [6, 6.07) is 24.7. The highest BCUT2D eigenvalue weighted by atomic mass is 32.2. The fourth-order valence-corrected chi connectivity index (χ4v) is 7.38. The minimum Gasteiger partial charge on any atom is -0.508 e. The number of anilines is 1. The molecule has 5 rings (SSSR count). The Morgan fingerprint density at radius 2 is 1.56 bits per heavy atom. The Balaban J connectivity index is 1.17. The van der Waals surface area contributed by atoms with Crippen molar-refractivity contribution >= 4 is 15.5 Å². The monoisotopic (exact) mass is 506 g/mol. The topological polar surface area (TPSA) is 70.1 Å². The molecule has 2 aliphatic rings. The van der Waals surface area contributed by atoms with Gasteiger partial charge in [0.15, 0.2) is 9.84 Å². The zero-order valence-corrected chi connectivity index (χ0v) is 21.3. The smallest absolute Gasteiger partial charge is 0.181 e. The van der Waals surface area contributed by atoms with Crippen molar-refractivity contribution in [2.75, 3.05) is 37.6 Å². The maximum absolute atomic E-state index is 13.4. The predicted molar refractivity (Wildman–Crippen MR) is 142 cm³/mol. The van der Waals surface area contributed by atoms with Crippen LogP contribution in [0.15, 0.2) is 83.8 Å². The van der Waals surface area contributed by atoms with Crippen LogP contribution in [0, 0.1) is 0 Å². The molecule has 1 saturated heterocycles. The lowest BCUT2D eigenvalue weighted by Gasteiger charge is -2.36. The Morgan fingerprint density at radius 1 is 0.861 bits per heavy atom. The number of aromatic hydroxyl groups is 1. The lowest BCUT2D eigenvalue weighted by atomic mass is 10.0. The molecular formula is C29H34N2O4S. The summed E-state index contributed by atoms with van der Waals surface area (Å²) in [6.07, 6.45) is 1.76. The molecule has 0 spiro atoms. The molecule has 0 aromatic heterocycles. The molecule has 2 atom stereocenters. The number of piperazine rings is 1. The highest BCUT2D eigenvalue weighted by Crippen LogP contribution is 2.40. The predicted octanol–water partition coefficient (Wildman–Crippen LogP) is 4.80. The quantitative estimate of drug-likeness (QED) is 0.473. The normalized spacial score (nSPS) is 21.7. The van der Waals surface area contributed by atoms with Crippen LogP contribution in [0.1, 0.15) is 36.5 Å². The second-order valence-corrected chi connectivity index (χ2v) is 11.9. The zero-order valence-electron chi connectivity index (χ0n) is 20.5. The molecule has 1 fully saturated rings. The van der Waals surface area contributed by atoms with Crippen molar-refractivity contribution in [3.63, 3.8) is 0 Å². The maximum Gasteiger partial charge on any atom is 0.181 e. The van der Waals surface area contributed by atoms with E-state index in [1.165, 1.54) is 0 Å². The Morgan fingerprint density at radius 3 is 2.31 bits per heavy atom. The Labute approximate surface area is 214 Å². The first kappa shape index (κ1) is 24.8. The average molecular weight is 507 g/mol. The summed E-state index contributed by atoms with van der Waals surface area (Å²) in [6.45, 7) is 5.11. The fraction of sp³-hybridized carbons (Fsp3) is 0.379. The number of phenols is 1. The van der Waals surface area contributed by atoms with E-state index in [-0.39, 0.29) is 11.9 Å². The highest BCUT2D eigenvalue weighted by Gasteiger charge is 2.38. The molecule has 190 valence electrons. The van der Waals surface area contributed by atoms with Gasteiger partial charge in [0.05, 0.1) is 22.9 Å². The van der Waals surface area contributed by atoms with Crippen LogP contribution in [0.25, 0.3) is 0 Å². The second-order valence-electron chi connectivity index (χ2n) is 9.71. The minimum absolute atomic E-state index is 0.219. The number of rotatable bonds is 8. The molecule has 36 heavy (non-hydrogen) atoms. The van der Waals surface area contributed by atoms with Gasteiger partial charge < -0.3 is 14.7 Å². The SMILES string of the molecule is O=S1(=O)c2ccccc2C(OCc2ccccc2)CC1CCCN1CCN(c2ccc(O)cc2)CC1. The molecule has 2 heterocycles. The molecule has 0 aliphatic carbocycles. The summed E-state index contributed by atoms with van der Waals surface area (Å²) < 4.78 is 33.2. The maximum atomic E-state index is 13.4. The van der Waals surface area contributed by atoms with E-state index >= 15 is 0 Å². The number of nitrogens with zero attached hydrogens (tertiary/aromatic N) is 2. The lowest BCUT2D eigenvalue weighted by molar-refractivity contribution is 0.0288. The van der Waals surface area contributed by atoms with Crippen molar-refractivity contribution in [1.29, 1.82) is 0 Å². The van der Waals surface area contributed by atoms with Crippen molar-refractivity contribution in [3.8, 4) is 5.75 Å². The molecule has 0 amide bonds. The summed E-state index contributed by atoms with van der Waals surface area (Å²) >= 11 is 0. The van der Waals surface area contributed by atoms with E-state index in [0.29, 0.717) is 24.3 Å². The molecule has 0 radical (unpaired) electrons. The molecule has 3 aromatic rings. The van der Waals surface area contributed by atoms with E-state index in [4.69, 9.17) is 4.74 Å². The van der Waals surface area contributed by atoms with Gasteiger partial charge in [-0.2, -0.15) is 0 Å². The number of hydrogen-bond donors (Lipinski definition) is 1. The van der Waals surface area contributed by atoms with Crippen LogP contribution in [0.4, 0.5) is 5.69 Å². The zero-order chi connectivity index (χ0) is 25.0. The lowest BCUT2D eigenvalue weighted by Crippen LogP contribution is -2.46. The Bertz CT molecular complexity index is 1240. The first-order valence-corrected chi connectivity index (χ1v) is 14.3. The van der Waals surface area contributed by atoms with E-state index in [9.17, 15) is 13.5 Å². The third-order valence-electron chi connectivity index (χ3n) is 7.37. The van der Waals surface area contributed by atoms with Crippen LogP contribution in [-0.2, 0) is 21.2 Å². The number of ether oxygens (including phenoxy) is 1. The summed E-state index contributed by atoms with van der Waals surface area (Å²) in [5.74, 6) is 0.283. The second kappa shape index (κ2) is 11.0. The van der Waals surface area contributed by atoms with Crippen LogP contribution in [0.3, 0.4) is 0 Å². The van der Waals surface area contributed by atoms with Gasteiger partial charge in [-0.25, -0.2) is 8.42 Å². The summed E-state index contributed by atoms with van der Waals surface area (Å²) in [5.41, 5.74) is 3.00. The molecule has 2 aliphatic heterocycles. The van der Waals surface area contributed by atoms with Crippen LogP contribution >= 0.6 is 0 Å². The van der Waals surface area contributed by atoms with Gasteiger partial charge in [-0.1, -0.05) is 48.5 Å². The van der Waals surface area contributed by atoms with Gasteiger partial charge in [-0.3, -0.25) is 4.90 Å². The average Bonchev–Trinajstić information content (AvgIpc) is 2.91. The van der Waals surface area contributed by atoms with Crippen molar-refractivity contribution < 1.29 is 18.3 Å². The molecule has 7 heteroatoms. The summed E-state index contributed by atoms with van der Waals surface area (Å²) in [7, 11) is -3.38. The van der Waals surface area contributed by atoms with Gasteiger partial charge in [0, 0.05) is 31.9 Å². The molecule has 3 aromatic carbocycles. The molecule has 6 nitrogen and oxygen atoms in total. The third-order valence-corrected chi connectivity index (χ3v) is 9.66. The van der Waals surface area contributed by atoms with Crippen molar-refractivity contribution in [2.45, 2.75) is 42.1 Å². The number of sulfone groups is 1. The van der Waals surface area contributed by atoms with Gasteiger partial charge in [0.1, 0.15) is 5.75 Å². The van der Waals surface area contributed by atoms with Crippen LogP contribution in [0.5, 0.6) is 5.75 Å². The number of fused-ring (bicyclic) bond motifs is 1. The first-order chi connectivity index (χ1) is 17.5. The molecule has 0 bridgehead atoms. The van der Waals surface area contributed by atoms with E-state index < -0.39 is 15.1 Å². The van der Waals surface area contributed by atoms with Crippen molar-refractivity contribution in [1.82, 2.24) is 4.90 Å². The van der Waals surface area contributed by atoms with Crippen LogP contribution < -0.4 is 4.90 Å². The van der Waals surface area contributed by atoms with E-state index in [0.717, 1.165) is 56.0 Å². The molecular weight excluding hydrogens is 472 g/mol. The Kier molecular flexibility index (Phi) is 7.60. The first-order valence-electron chi connectivity index (χ1n) is 12.8. The van der Waals surface area contributed by atoms with Crippen molar-refractivity contribution in [3.05, 3.63) is 90.0 Å². The van der Waals surface area contributed by atoms with Gasteiger partial charge in [0.2, 0.25) is 0 Å². The summed E-state index contributed by atoms with van der Waals surface area (Å²) in [5, 5.41) is 9.09. The molecule has 0 saturated carbocycles. The number of phenolic OH excluding ortho intramolecular Hbond substituents is 1. The molecule has 2 unspecified atom stereocenters. The standard InChI is InChI=1S/C29H34N2O4S/c32-25-14-12-24(13-15-25)31-19-17-30(18-20-31)16-6-9-26-21-28(35-22-23-7-2-1-3-8-23)27-10-4-5-11-29(27)36(26,33)34/h1-5,7-8,10-15,26,28,32H,6,9,16-22H2. The number of benzene rings is 3. The Hall–Kier alpha value is -2.87. The van der Waals surface area contributed by atoms with Gasteiger partial charge in [-0.15, -0.1) is 0 Å². The molecule has 1 N–H and O–H groups in total. The van der Waals surface area contributed by atoms with Gasteiger partial charge >= 0.3 is 0 Å². The highest BCUT2D eigenvalue weighted by molar-refractivity contribution is 7.92. The third kappa shape index (κ3) is 5.59. The van der Waals surface area contributed by atoms with E-state index in [1.807, 2.05) is 54.6 Å². The fourth-order valence-electron chi connectivity index (χ4n) is 5.32. The van der Waals surface area contributed by atoms with Gasteiger partial charge in [-0.05, 0) is 67.3 Å². The van der Waals surface area contributed by atoms with Crippen molar-refractivity contribution in [2.24, 2.45) is 0 Å². The van der Waals surface area contributed by atoms with E-state index in [2.05, 4.69) is 9.80 Å². The minimum atomic E-state index is -3.38. The summed E-state index contributed by atoms with van der Waals surface area (Å²) in [4.78, 5) is 5.18. The van der Waals surface area contributed by atoms with Gasteiger partial charge in [0.25, 0.3) is 0 Å². The van der Waals surface area contributed by atoms with E-state index in [1.54, 1.807) is 24.3 Å². The number of hydrogen-bond acceptors (Lipinski definition) is 6. The largest absolute Gasteiger partial charge is 0.508 e. The van der Waals surface area contributed by atoms with Crippen LogP contribution in [-0.4, -0.2) is 56.4 Å². The van der Waals surface area contributed by atoms with Crippen LogP contribution in [0.2, 0.25) is 0 Å².